The first-order chi connectivity index (χ1) is 9.72. The molecular weight excluding hydrogens is 361 g/mol. The van der Waals surface area contributed by atoms with Crippen LogP contribution in [0.5, 0.6) is 0 Å². The van der Waals surface area contributed by atoms with Crippen molar-refractivity contribution in [2.45, 2.75) is 19.3 Å². The fourth-order valence-electron chi connectivity index (χ4n) is 2.18. The lowest BCUT2D eigenvalue weighted by Gasteiger charge is -2.16. The Hall–Kier alpha value is -1.36. The molecule has 0 aromatic heterocycles. The third-order valence-electron chi connectivity index (χ3n) is 3.39. The number of benzene rings is 2. The van der Waals surface area contributed by atoms with Gasteiger partial charge < -0.3 is 5.32 Å². The number of halogens is 1. The summed E-state index contributed by atoms with van der Waals surface area (Å²) in [6.45, 7) is 2.82. The number of hydrogen-bond acceptors (Lipinski definition) is 1. The van der Waals surface area contributed by atoms with Crippen molar-refractivity contribution in [2.75, 3.05) is 6.54 Å². The summed E-state index contributed by atoms with van der Waals surface area (Å²) >= 11 is 2.19. The van der Waals surface area contributed by atoms with Gasteiger partial charge in [0, 0.05) is 16.0 Å². The summed E-state index contributed by atoms with van der Waals surface area (Å²) in [6, 6.07) is 18.0. The molecule has 0 aliphatic rings. The molecule has 2 aromatic carbocycles. The van der Waals surface area contributed by atoms with E-state index < -0.39 is 0 Å². The van der Waals surface area contributed by atoms with E-state index in [0.29, 0.717) is 12.5 Å². The lowest BCUT2D eigenvalue weighted by atomic mass is 9.96. The molecule has 2 nitrogen and oxygen atoms in total. The molecule has 0 saturated carbocycles. The van der Waals surface area contributed by atoms with E-state index in [2.05, 4.69) is 47.0 Å². The summed E-state index contributed by atoms with van der Waals surface area (Å²) < 4.78 is 0.982. The number of nitrogens with one attached hydrogen (secondary N) is 1. The molecule has 0 saturated heterocycles. The Labute approximate surface area is 133 Å². The van der Waals surface area contributed by atoms with Crippen LogP contribution in [0.1, 0.15) is 35.2 Å². The van der Waals surface area contributed by atoms with E-state index in [1.165, 1.54) is 5.56 Å². The Morgan fingerprint density at radius 3 is 2.40 bits per heavy atom. The van der Waals surface area contributed by atoms with Crippen molar-refractivity contribution in [3.8, 4) is 0 Å². The Morgan fingerprint density at radius 1 is 1.10 bits per heavy atom. The van der Waals surface area contributed by atoms with Gasteiger partial charge in [0.25, 0.3) is 5.91 Å². The predicted molar refractivity (Wildman–Crippen MR) is 91.0 cm³/mol. The van der Waals surface area contributed by atoms with E-state index in [0.717, 1.165) is 15.6 Å². The maximum atomic E-state index is 12.2. The second kappa shape index (κ2) is 7.43. The highest BCUT2D eigenvalue weighted by Crippen LogP contribution is 2.18. The number of hydrogen-bond donors (Lipinski definition) is 1. The number of amides is 1. The molecule has 2 aromatic rings. The summed E-state index contributed by atoms with van der Waals surface area (Å²) in [5.41, 5.74) is 2.02. The first-order valence-electron chi connectivity index (χ1n) is 6.80. The predicted octanol–water partition coefficient (Wildman–Crippen LogP) is 4.21. The van der Waals surface area contributed by atoms with Crippen LogP contribution in [0.15, 0.2) is 54.6 Å². The molecule has 0 spiro atoms. The quantitative estimate of drug-likeness (QED) is 0.775. The van der Waals surface area contributed by atoms with Crippen LogP contribution in [0.3, 0.4) is 0 Å². The van der Waals surface area contributed by atoms with Crippen molar-refractivity contribution in [1.29, 1.82) is 0 Å². The van der Waals surface area contributed by atoms with Crippen LogP contribution in [-0.2, 0) is 0 Å². The van der Waals surface area contributed by atoms with Gasteiger partial charge in [0.1, 0.15) is 0 Å². The number of carbonyl (C=O) groups excluding carboxylic acids is 1. The summed E-state index contributed by atoms with van der Waals surface area (Å²) in [7, 11) is 0. The molecule has 2 rings (SSSR count). The molecule has 0 bridgehead atoms. The zero-order valence-electron chi connectivity index (χ0n) is 11.5. The summed E-state index contributed by atoms with van der Waals surface area (Å²) in [4.78, 5) is 12.2. The minimum absolute atomic E-state index is 0.00406. The smallest absolute Gasteiger partial charge is 0.252 e. The Morgan fingerprint density at radius 2 is 1.75 bits per heavy atom. The van der Waals surface area contributed by atoms with Crippen molar-refractivity contribution < 1.29 is 4.79 Å². The van der Waals surface area contributed by atoms with Gasteiger partial charge >= 0.3 is 0 Å². The van der Waals surface area contributed by atoms with Crippen molar-refractivity contribution in [3.05, 3.63) is 69.3 Å². The summed E-state index contributed by atoms with van der Waals surface area (Å²) in [5.74, 6) is 0.367. The van der Waals surface area contributed by atoms with Crippen molar-refractivity contribution in [3.63, 3.8) is 0 Å². The molecule has 1 unspecified atom stereocenters. The fourth-order valence-corrected chi connectivity index (χ4v) is 2.81. The third kappa shape index (κ3) is 3.82. The van der Waals surface area contributed by atoms with E-state index in [-0.39, 0.29) is 5.91 Å². The maximum absolute atomic E-state index is 12.2. The second-order valence-electron chi connectivity index (χ2n) is 4.71. The van der Waals surface area contributed by atoms with Crippen LogP contribution in [0, 0.1) is 3.57 Å². The highest BCUT2D eigenvalue weighted by atomic mass is 127. The fraction of sp³-hybridized carbons (Fsp3) is 0.235. The van der Waals surface area contributed by atoms with Crippen molar-refractivity contribution >= 4 is 28.5 Å². The first kappa shape index (κ1) is 15.0. The molecular formula is C17H18INO. The van der Waals surface area contributed by atoms with Crippen LogP contribution >= 0.6 is 22.6 Å². The maximum Gasteiger partial charge on any atom is 0.252 e. The summed E-state index contributed by atoms with van der Waals surface area (Å²) in [5, 5.41) is 3.05. The van der Waals surface area contributed by atoms with Gasteiger partial charge in [-0.25, -0.2) is 0 Å². The first-order valence-corrected chi connectivity index (χ1v) is 7.88. The molecule has 1 amide bonds. The zero-order valence-corrected chi connectivity index (χ0v) is 13.6. The van der Waals surface area contributed by atoms with Gasteiger partial charge in [-0.3, -0.25) is 4.79 Å². The van der Waals surface area contributed by atoms with Gasteiger partial charge in [0.2, 0.25) is 0 Å². The Balaban J connectivity index is 2.01. The molecule has 0 aliphatic carbocycles. The number of carbonyl (C=O) groups is 1. The average Bonchev–Trinajstić information content (AvgIpc) is 2.49. The van der Waals surface area contributed by atoms with E-state index in [1.54, 1.807) is 0 Å². The van der Waals surface area contributed by atoms with Crippen molar-refractivity contribution in [1.82, 2.24) is 5.32 Å². The van der Waals surface area contributed by atoms with Gasteiger partial charge in [-0.1, -0.05) is 49.4 Å². The van der Waals surface area contributed by atoms with Crippen LogP contribution < -0.4 is 5.32 Å². The highest BCUT2D eigenvalue weighted by Gasteiger charge is 2.13. The van der Waals surface area contributed by atoms with E-state index in [9.17, 15) is 4.79 Å². The largest absolute Gasteiger partial charge is 0.351 e. The standard InChI is InChI=1S/C17H18INO/c1-2-13(14-8-4-3-5-9-14)12-19-17(20)15-10-6-7-11-16(15)18/h3-11,13H,2,12H2,1H3,(H,19,20). The molecule has 104 valence electrons. The van der Waals surface area contributed by atoms with E-state index >= 15 is 0 Å². The Kier molecular flexibility index (Phi) is 5.59. The monoisotopic (exact) mass is 379 g/mol. The van der Waals surface area contributed by atoms with Gasteiger partial charge in [-0.2, -0.15) is 0 Å². The lowest BCUT2D eigenvalue weighted by Crippen LogP contribution is -2.28. The zero-order chi connectivity index (χ0) is 14.4. The van der Waals surface area contributed by atoms with Gasteiger partial charge in [0.05, 0.1) is 5.56 Å². The third-order valence-corrected chi connectivity index (χ3v) is 4.33. The molecule has 0 fully saturated rings. The topological polar surface area (TPSA) is 29.1 Å². The van der Waals surface area contributed by atoms with E-state index in [1.807, 2.05) is 42.5 Å². The molecule has 3 heteroatoms. The average molecular weight is 379 g/mol. The van der Waals surface area contributed by atoms with Crippen LogP contribution in [0.25, 0.3) is 0 Å². The molecule has 20 heavy (non-hydrogen) atoms. The van der Waals surface area contributed by atoms with Gasteiger partial charge in [0.15, 0.2) is 0 Å². The molecule has 0 aliphatic heterocycles. The van der Waals surface area contributed by atoms with Crippen molar-refractivity contribution in [2.24, 2.45) is 0 Å². The minimum atomic E-state index is 0.00406. The van der Waals surface area contributed by atoms with Gasteiger partial charge in [-0.05, 0) is 46.7 Å². The van der Waals surface area contributed by atoms with Crippen LogP contribution in [0.2, 0.25) is 0 Å². The second-order valence-corrected chi connectivity index (χ2v) is 5.87. The normalized spacial score (nSPS) is 11.9. The SMILES string of the molecule is CCC(CNC(=O)c1ccccc1I)c1ccccc1. The minimum Gasteiger partial charge on any atom is -0.351 e. The molecule has 0 heterocycles. The number of rotatable bonds is 5. The van der Waals surface area contributed by atoms with Crippen LogP contribution in [-0.4, -0.2) is 12.5 Å². The Bertz CT molecular complexity index is 568. The van der Waals surface area contributed by atoms with E-state index in [4.69, 9.17) is 0 Å². The molecule has 1 atom stereocenters. The molecule has 1 N–H and O–H groups in total. The van der Waals surface area contributed by atoms with Gasteiger partial charge in [-0.15, -0.1) is 0 Å². The highest BCUT2D eigenvalue weighted by molar-refractivity contribution is 14.1. The summed E-state index contributed by atoms with van der Waals surface area (Å²) in [6.07, 6.45) is 1.01. The van der Waals surface area contributed by atoms with Crippen LogP contribution in [0.4, 0.5) is 0 Å². The lowest BCUT2D eigenvalue weighted by molar-refractivity contribution is 0.0950. The molecule has 0 radical (unpaired) electrons.